The van der Waals surface area contributed by atoms with E-state index < -0.39 is 0 Å². The average molecular weight is 489 g/mol. The third-order valence-corrected chi connectivity index (χ3v) is 6.05. The van der Waals surface area contributed by atoms with Crippen molar-refractivity contribution in [2.75, 3.05) is 18.5 Å². The Morgan fingerprint density at radius 2 is 1.91 bits per heavy atom. The fraction of sp³-hybridized carbons (Fsp3) is 0.292. The third kappa shape index (κ3) is 6.09. The number of imide groups is 1. The van der Waals surface area contributed by atoms with Crippen LogP contribution < -0.4 is 14.8 Å². The molecule has 2 aromatic rings. The Morgan fingerprint density at radius 3 is 2.58 bits per heavy atom. The second-order valence-corrected chi connectivity index (χ2v) is 8.68. The van der Waals surface area contributed by atoms with Crippen LogP contribution in [-0.4, -0.2) is 41.2 Å². The lowest BCUT2D eigenvalue weighted by Crippen LogP contribution is -2.36. The van der Waals surface area contributed by atoms with Gasteiger partial charge in [-0.15, -0.1) is 0 Å². The van der Waals surface area contributed by atoms with Crippen molar-refractivity contribution < 1.29 is 23.9 Å². The van der Waals surface area contributed by atoms with Gasteiger partial charge in [0.05, 0.1) is 16.5 Å². The molecule has 0 bridgehead atoms. The first-order valence-corrected chi connectivity index (χ1v) is 11.7. The van der Waals surface area contributed by atoms with Crippen LogP contribution in [0.1, 0.15) is 32.8 Å². The maximum Gasteiger partial charge on any atom is 0.293 e. The molecule has 0 saturated carbocycles. The number of para-hydroxylation sites is 1. The predicted octanol–water partition coefficient (Wildman–Crippen LogP) is 5.59. The molecular formula is C24H25ClN2O5S. The second-order valence-electron chi connectivity index (χ2n) is 7.27. The zero-order chi connectivity index (χ0) is 24.0. The first-order chi connectivity index (χ1) is 15.8. The molecule has 9 heteroatoms. The smallest absolute Gasteiger partial charge is 0.293 e. The van der Waals surface area contributed by atoms with Gasteiger partial charge in [0.25, 0.3) is 17.1 Å². The molecule has 0 spiro atoms. The van der Waals surface area contributed by atoms with E-state index >= 15 is 0 Å². The van der Waals surface area contributed by atoms with Crippen molar-refractivity contribution in [1.29, 1.82) is 0 Å². The number of carbonyl (C=O) groups is 3. The van der Waals surface area contributed by atoms with Crippen molar-refractivity contribution in [1.82, 2.24) is 4.90 Å². The molecule has 1 atom stereocenters. The molecule has 33 heavy (non-hydrogen) atoms. The molecule has 0 radical (unpaired) electrons. The largest absolute Gasteiger partial charge is 0.490 e. The monoisotopic (exact) mass is 488 g/mol. The van der Waals surface area contributed by atoms with E-state index in [2.05, 4.69) is 5.32 Å². The van der Waals surface area contributed by atoms with Gasteiger partial charge >= 0.3 is 0 Å². The lowest BCUT2D eigenvalue weighted by Gasteiger charge is -2.19. The highest BCUT2D eigenvalue weighted by atomic mass is 35.5. The van der Waals surface area contributed by atoms with Gasteiger partial charge in [-0.05, 0) is 67.9 Å². The van der Waals surface area contributed by atoms with Crippen molar-refractivity contribution in [3.63, 3.8) is 0 Å². The summed E-state index contributed by atoms with van der Waals surface area (Å²) in [5.74, 6) is -0.106. The Balaban J connectivity index is 1.78. The van der Waals surface area contributed by atoms with Crippen LogP contribution in [0.15, 0.2) is 47.4 Å². The first kappa shape index (κ1) is 24.7. The molecule has 1 N–H and O–H groups in total. The highest BCUT2D eigenvalue weighted by Gasteiger charge is 2.37. The molecule has 174 valence electrons. The van der Waals surface area contributed by atoms with Gasteiger partial charge in [0.1, 0.15) is 0 Å². The molecular weight excluding hydrogens is 464 g/mol. The van der Waals surface area contributed by atoms with E-state index in [4.69, 9.17) is 21.1 Å². The number of amides is 3. The number of hydrogen-bond acceptors (Lipinski definition) is 6. The summed E-state index contributed by atoms with van der Waals surface area (Å²) in [6, 6.07) is 12.1. The van der Waals surface area contributed by atoms with Crippen LogP contribution in [-0.2, 0) is 9.59 Å². The van der Waals surface area contributed by atoms with Gasteiger partial charge in [0.2, 0.25) is 0 Å². The van der Waals surface area contributed by atoms with E-state index in [-0.39, 0.29) is 40.5 Å². The fourth-order valence-corrected chi connectivity index (χ4v) is 4.33. The fourth-order valence-electron chi connectivity index (χ4n) is 3.12. The molecule has 1 aliphatic rings. The van der Waals surface area contributed by atoms with Gasteiger partial charge in [0, 0.05) is 11.7 Å². The summed E-state index contributed by atoms with van der Waals surface area (Å²) in [7, 11) is 0. The molecule has 3 rings (SSSR count). The van der Waals surface area contributed by atoms with E-state index in [0.717, 1.165) is 11.8 Å². The number of nitrogens with one attached hydrogen (secondary N) is 1. The lowest BCUT2D eigenvalue weighted by molar-refractivity contribution is -0.124. The number of ether oxygens (including phenoxy) is 2. The van der Waals surface area contributed by atoms with Crippen molar-refractivity contribution in [3.8, 4) is 11.5 Å². The molecule has 0 aliphatic carbocycles. The number of benzene rings is 2. The second kappa shape index (κ2) is 11.2. The zero-order valence-electron chi connectivity index (χ0n) is 18.6. The molecule has 7 nitrogen and oxygen atoms in total. The summed E-state index contributed by atoms with van der Waals surface area (Å²) in [5.41, 5.74) is 1.24. The highest BCUT2D eigenvalue weighted by molar-refractivity contribution is 8.18. The number of rotatable bonds is 9. The van der Waals surface area contributed by atoms with E-state index in [1.165, 1.54) is 4.90 Å². The van der Waals surface area contributed by atoms with Crippen LogP contribution >= 0.6 is 23.4 Å². The number of halogens is 1. The van der Waals surface area contributed by atoms with Gasteiger partial charge in [-0.3, -0.25) is 19.3 Å². The number of hydrogen-bond donors (Lipinski definition) is 1. The minimum absolute atomic E-state index is 0.177. The van der Waals surface area contributed by atoms with Crippen molar-refractivity contribution in [3.05, 3.63) is 58.0 Å². The van der Waals surface area contributed by atoms with Crippen molar-refractivity contribution in [2.45, 2.75) is 33.2 Å². The van der Waals surface area contributed by atoms with E-state index in [0.29, 0.717) is 34.9 Å². The van der Waals surface area contributed by atoms with Crippen LogP contribution in [0.2, 0.25) is 5.02 Å². The zero-order valence-corrected chi connectivity index (χ0v) is 20.2. The van der Waals surface area contributed by atoms with Crippen LogP contribution in [0, 0.1) is 0 Å². The molecule has 1 fully saturated rings. The summed E-state index contributed by atoms with van der Waals surface area (Å²) in [4.78, 5) is 38.8. The Morgan fingerprint density at radius 1 is 1.18 bits per heavy atom. The van der Waals surface area contributed by atoms with Gasteiger partial charge in [-0.1, -0.05) is 36.7 Å². The van der Waals surface area contributed by atoms with Crippen LogP contribution in [0.25, 0.3) is 6.08 Å². The summed E-state index contributed by atoms with van der Waals surface area (Å²) in [6.07, 6.45) is 2.28. The number of anilines is 1. The van der Waals surface area contributed by atoms with Crippen LogP contribution in [0.5, 0.6) is 11.5 Å². The Labute approximate surface area is 202 Å². The number of carbonyl (C=O) groups excluding carboxylic acids is 3. The predicted molar refractivity (Wildman–Crippen MR) is 131 cm³/mol. The Kier molecular flexibility index (Phi) is 8.41. The molecule has 0 unspecified atom stereocenters. The Bertz CT molecular complexity index is 1070. The molecule has 1 saturated heterocycles. The summed E-state index contributed by atoms with van der Waals surface area (Å²) < 4.78 is 11.3. The van der Waals surface area contributed by atoms with E-state index in [1.54, 1.807) is 30.3 Å². The average Bonchev–Trinajstić information content (AvgIpc) is 3.06. The lowest BCUT2D eigenvalue weighted by atomic mass is 10.1. The quantitative estimate of drug-likeness (QED) is 0.463. The summed E-state index contributed by atoms with van der Waals surface area (Å²) in [6.45, 7) is 5.65. The van der Waals surface area contributed by atoms with E-state index in [1.807, 2.05) is 39.0 Å². The molecule has 0 aromatic heterocycles. The third-order valence-electron chi connectivity index (χ3n) is 4.89. The molecule has 1 heterocycles. The normalized spacial score (nSPS) is 15.6. The SMILES string of the molecule is CCOc1cc(/C=C2/SC(=O)N([C@H](C)CC)C2=O)cc(Cl)c1OCC(=O)Nc1ccccc1. The molecule has 1 aliphatic heterocycles. The van der Waals surface area contributed by atoms with Crippen molar-refractivity contribution in [2.24, 2.45) is 0 Å². The molecule has 2 aromatic carbocycles. The van der Waals surface area contributed by atoms with Gasteiger partial charge in [-0.2, -0.15) is 0 Å². The van der Waals surface area contributed by atoms with Gasteiger partial charge in [-0.25, -0.2) is 0 Å². The van der Waals surface area contributed by atoms with Crippen molar-refractivity contribution >= 4 is 52.2 Å². The maximum absolute atomic E-state index is 12.7. The van der Waals surface area contributed by atoms with Gasteiger partial charge < -0.3 is 14.8 Å². The summed E-state index contributed by atoms with van der Waals surface area (Å²) >= 11 is 7.33. The number of thioether (sulfide) groups is 1. The van der Waals surface area contributed by atoms with Crippen LogP contribution in [0.3, 0.4) is 0 Å². The number of nitrogens with zero attached hydrogens (tertiary/aromatic N) is 1. The topological polar surface area (TPSA) is 84.9 Å². The maximum atomic E-state index is 12.7. The van der Waals surface area contributed by atoms with E-state index in [9.17, 15) is 14.4 Å². The standard InChI is InChI=1S/C24H25ClN2O5S/c1-4-15(3)27-23(29)20(33-24(27)30)13-16-11-18(25)22(19(12-16)31-5-2)32-14-21(28)26-17-9-7-6-8-10-17/h6-13,15H,4-5,14H2,1-3H3,(H,26,28)/b20-13+/t15-/m1/s1. The highest BCUT2D eigenvalue weighted by Crippen LogP contribution is 2.39. The van der Waals surface area contributed by atoms with Gasteiger partial charge in [0.15, 0.2) is 18.1 Å². The summed E-state index contributed by atoms with van der Waals surface area (Å²) in [5, 5.41) is 2.67. The molecule has 3 amide bonds. The Hall–Kier alpha value is -2.97. The van der Waals surface area contributed by atoms with Crippen LogP contribution in [0.4, 0.5) is 10.5 Å². The first-order valence-electron chi connectivity index (χ1n) is 10.5. The minimum Gasteiger partial charge on any atom is -0.490 e. The minimum atomic E-state index is -0.345.